The number of fused-ring (bicyclic) bond motifs is 1. The van der Waals surface area contributed by atoms with Crippen molar-refractivity contribution < 1.29 is 5.11 Å². The number of aryl methyl sites for hydroxylation is 2. The Hall–Kier alpha value is -1.11. The van der Waals surface area contributed by atoms with Gasteiger partial charge in [-0.3, -0.25) is 0 Å². The first-order chi connectivity index (χ1) is 10.5. The third kappa shape index (κ3) is 3.14. The first-order valence-corrected chi connectivity index (χ1v) is 8.99. The molecule has 1 saturated heterocycles. The van der Waals surface area contributed by atoms with Crippen LogP contribution in [0.1, 0.15) is 42.8 Å². The molecule has 22 heavy (non-hydrogen) atoms. The number of aliphatic hydroxyl groups is 1. The number of rotatable bonds is 4. The normalized spacial score (nSPS) is 19.5. The molecule has 1 unspecified atom stereocenters. The number of nitrogens with one attached hydrogen (secondary N) is 1. The molecule has 0 saturated carbocycles. The lowest BCUT2D eigenvalue weighted by Gasteiger charge is -2.33. The molecule has 2 aromatic rings. The summed E-state index contributed by atoms with van der Waals surface area (Å²) in [6, 6.07) is 2.12. The minimum atomic E-state index is -0.562. The minimum absolute atomic E-state index is 0.139. The monoisotopic (exact) mass is 320 g/mol. The average Bonchev–Trinajstić information content (AvgIpc) is 2.88. The number of thioether (sulfide) groups is 1. The van der Waals surface area contributed by atoms with Crippen LogP contribution in [-0.4, -0.2) is 43.4 Å². The lowest BCUT2D eigenvalue weighted by atomic mass is 9.96. The molecule has 3 rings (SSSR count). The maximum absolute atomic E-state index is 10.6. The summed E-state index contributed by atoms with van der Waals surface area (Å²) in [4.78, 5) is 4.49. The van der Waals surface area contributed by atoms with Gasteiger partial charge < -0.3 is 10.4 Å². The van der Waals surface area contributed by atoms with Gasteiger partial charge in [0.15, 0.2) is 5.65 Å². The molecule has 2 N–H and O–H groups in total. The summed E-state index contributed by atoms with van der Waals surface area (Å²) >= 11 is 1.92. The molecule has 1 aliphatic heterocycles. The quantitative estimate of drug-likeness (QED) is 0.905. The Balaban J connectivity index is 1.74. The highest BCUT2D eigenvalue weighted by molar-refractivity contribution is 7.99. The molecular formula is C16H24N4OS. The maximum Gasteiger partial charge on any atom is 0.155 e. The smallest absolute Gasteiger partial charge is 0.155 e. The van der Waals surface area contributed by atoms with Gasteiger partial charge in [-0.15, -0.1) is 0 Å². The molecular weight excluding hydrogens is 296 g/mol. The van der Waals surface area contributed by atoms with Crippen LogP contribution < -0.4 is 5.32 Å². The van der Waals surface area contributed by atoms with Crippen LogP contribution in [-0.2, 0) is 0 Å². The van der Waals surface area contributed by atoms with Crippen molar-refractivity contribution in [1.82, 2.24) is 19.9 Å². The van der Waals surface area contributed by atoms with E-state index in [1.165, 1.54) is 0 Å². The average molecular weight is 320 g/mol. The first-order valence-electron chi connectivity index (χ1n) is 7.84. The summed E-state index contributed by atoms with van der Waals surface area (Å²) in [5.41, 5.74) is 3.53. The van der Waals surface area contributed by atoms with Crippen LogP contribution in [0.15, 0.2) is 12.3 Å². The van der Waals surface area contributed by atoms with Gasteiger partial charge >= 0.3 is 0 Å². The van der Waals surface area contributed by atoms with Crippen molar-refractivity contribution in [2.45, 2.75) is 45.3 Å². The summed E-state index contributed by atoms with van der Waals surface area (Å²) in [6.45, 7) is 6.80. The molecule has 3 heterocycles. The Morgan fingerprint density at radius 1 is 1.41 bits per heavy atom. The molecule has 0 radical (unpaired) electrons. The summed E-state index contributed by atoms with van der Waals surface area (Å²) in [5.74, 6) is 2.09. The van der Waals surface area contributed by atoms with Crippen molar-refractivity contribution in [3.05, 3.63) is 29.2 Å². The van der Waals surface area contributed by atoms with Gasteiger partial charge in [0.1, 0.15) is 0 Å². The van der Waals surface area contributed by atoms with E-state index in [4.69, 9.17) is 0 Å². The fourth-order valence-corrected chi connectivity index (χ4v) is 4.23. The Morgan fingerprint density at radius 2 is 2.14 bits per heavy atom. The maximum atomic E-state index is 10.6. The Morgan fingerprint density at radius 3 is 2.86 bits per heavy atom. The van der Waals surface area contributed by atoms with Crippen LogP contribution in [0.2, 0.25) is 0 Å². The molecule has 1 fully saturated rings. The molecule has 0 amide bonds. The minimum Gasteiger partial charge on any atom is -0.389 e. The summed E-state index contributed by atoms with van der Waals surface area (Å²) < 4.78 is 1.90. The van der Waals surface area contributed by atoms with Crippen LogP contribution >= 0.6 is 11.8 Å². The predicted octanol–water partition coefficient (Wildman–Crippen LogP) is 2.25. The molecule has 1 aliphatic rings. The number of aromatic nitrogens is 3. The van der Waals surface area contributed by atoms with Crippen molar-refractivity contribution in [1.29, 1.82) is 0 Å². The van der Waals surface area contributed by atoms with Gasteiger partial charge in [-0.2, -0.15) is 16.9 Å². The molecule has 1 atom stereocenters. The lowest BCUT2D eigenvalue weighted by molar-refractivity contribution is 0.0300. The van der Waals surface area contributed by atoms with Gasteiger partial charge in [-0.1, -0.05) is 0 Å². The molecule has 0 aromatic carbocycles. The Kier molecular flexibility index (Phi) is 4.43. The van der Waals surface area contributed by atoms with Crippen molar-refractivity contribution in [3.63, 3.8) is 0 Å². The molecule has 0 aliphatic carbocycles. The second-order valence-corrected chi connectivity index (χ2v) is 7.52. The van der Waals surface area contributed by atoms with E-state index in [1.54, 1.807) is 0 Å². The van der Waals surface area contributed by atoms with Crippen molar-refractivity contribution in [3.8, 4) is 0 Å². The number of hydrogen-bond acceptors (Lipinski definition) is 5. The Bertz CT molecular complexity index is 663. The third-order valence-electron chi connectivity index (χ3n) is 4.51. The molecule has 5 nitrogen and oxygen atoms in total. The van der Waals surface area contributed by atoms with Crippen LogP contribution in [0.3, 0.4) is 0 Å². The highest BCUT2D eigenvalue weighted by atomic mass is 32.2. The fourth-order valence-electron chi connectivity index (χ4n) is 2.98. The van der Waals surface area contributed by atoms with E-state index < -0.39 is 5.60 Å². The summed E-state index contributed by atoms with van der Waals surface area (Å²) in [5, 5.41) is 18.6. The topological polar surface area (TPSA) is 62.5 Å². The summed E-state index contributed by atoms with van der Waals surface area (Å²) in [7, 11) is 0. The molecule has 0 spiro atoms. The Labute approximate surface area is 135 Å². The van der Waals surface area contributed by atoms with Gasteiger partial charge in [-0.05, 0) is 45.1 Å². The lowest BCUT2D eigenvalue weighted by Crippen LogP contribution is -2.44. The second kappa shape index (κ2) is 6.18. The van der Waals surface area contributed by atoms with E-state index in [9.17, 15) is 5.11 Å². The highest BCUT2D eigenvalue weighted by Crippen LogP contribution is 2.27. The van der Waals surface area contributed by atoms with Crippen LogP contribution in [0.25, 0.3) is 5.65 Å². The van der Waals surface area contributed by atoms with Gasteiger partial charge in [0, 0.05) is 36.1 Å². The van der Waals surface area contributed by atoms with E-state index in [1.807, 2.05) is 35.5 Å². The van der Waals surface area contributed by atoms with E-state index >= 15 is 0 Å². The standard InChI is InChI=1S/C16H24N4OS/c1-11-8-15-17-9-14(13(3)20(15)19-11)12(2)18-10-16(21)4-6-22-7-5-16/h8-9,12,18,21H,4-7,10H2,1-3H3. The van der Waals surface area contributed by atoms with E-state index in [0.29, 0.717) is 6.54 Å². The van der Waals surface area contributed by atoms with Gasteiger partial charge in [0.25, 0.3) is 0 Å². The van der Waals surface area contributed by atoms with Crippen LogP contribution in [0.5, 0.6) is 0 Å². The molecule has 120 valence electrons. The highest BCUT2D eigenvalue weighted by Gasteiger charge is 2.29. The van der Waals surface area contributed by atoms with E-state index in [-0.39, 0.29) is 6.04 Å². The third-order valence-corrected chi connectivity index (χ3v) is 5.50. The number of nitrogens with zero attached hydrogens (tertiary/aromatic N) is 3. The van der Waals surface area contributed by atoms with Crippen molar-refractivity contribution in [2.75, 3.05) is 18.1 Å². The molecule has 6 heteroatoms. The first kappa shape index (κ1) is 15.8. The van der Waals surface area contributed by atoms with Gasteiger partial charge in [0.2, 0.25) is 0 Å². The second-order valence-electron chi connectivity index (χ2n) is 6.29. The number of hydrogen-bond donors (Lipinski definition) is 2. The molecule has 2 aromatic heterocycles. The van der Waals surface area contributed by atoms with Crippen molar-refractivity contribution in [2.24, 2.45) is 0 Å². The van der Waals surface area contributed by atoms with Crippen molar-refractivity contribution >= 4 is 17.4 Å². The summed E-state index contributed by atoms with van der Waals surface area (Å²) in [6.07, 6.45) is 3.65. The van der Waals surface area contributed by atoms with E-state index in [0.717, 1.165) is 46.9 Å². The fraction of sp³-hybridized carbons (Fsp3) is 0.625. The van der Waals surface area contributed by atoms with Crippen LogP contribution in [0, 0.1) is 13.8 Å². The SMILES string of the molecule is Cc1cc2ncc(C(C)NCC3(O)CCSCC3)c(C)n2n1. The zero-order valence-electron chi connectivity index (χ0n) is 13.5. The van der Waals surface area contributed by atoms with Gasteiger partial charge in [0.05, 0.1) is 11.3 Å². The zero-order valence-corrected chi connectivity index (χ0v) is 14.3. The van der Waals surface area contributed by atoms with Crippen LogP contribution in [0.4, 0.5) is 0 Å². The largest absolute Gasteiger partial charge is 0.389 e. The van der Waals surface area contributed by atoms with E-state index in [2.05, 4.69) is 29.2 Å². The zero-order chi connectivity index (χ0) is 15.7. The van der Waals surface area contributed by atoms with Gasteiger partial charge in [-0.25, -0.2) is 9.50 Å². The molecule has 0 bridgehead atoms. The predicted molar refractivity (Wildman–Crippen MR) is 90.4 cm³/mol.